The van der Waals surface area contributed by atoms with Gasteiger partial charge in [-0.3, -0.25) is 9.20 Å². The molecule has 4 nitrogen and oxygen atoms in total. The van der Waals surface area contributed by atoms with Gasteiger partial charge in [-0.2, -0.15) is 0 Å². The summed E-state index contributed by atoms with van der Waals surface area (Å²) in [7, 11) is 0. The maximum absolute atomic E-state index is 12.7. The molecule has 1 aromatic carbocycles. The zero-order chi connectivity index (χ0) is 14.8. The van der Waals surface area contributed by atoms with E-state index in [0.717, 1.165) is 10.5 Å². The average Bonchev–Trinajstić information content (AvgIpc) is 3.06. The van der Waals surface area contributed by atoms with Crippen molar-refractivity contribution in [2.75, 3.05) is 0 Å². The van der Waals surface area contributed by atoms with Crippen molar-refractivity contribution in [3.8, 4) is 0 Å². The van der Waals surface area contributed by atoms with Gasteiger partial charge in [0.05, 0.1) is 0 Å². The van der Waals surface area contributed by atoms with Crippen molar-refractivity contribution in [1.29, 1.82) is 0 Å². The minimum absolute atomic E-state index is 0.0234. The summed E-state index contributed by atoms with van der Waals surface area (Å²) in [6.45, 7) is 4.65. The molecule has 0 saturated carbocycles. The van der Waals surface area contributed by atoms with Gasteiger partial charge in [0.1, 0.15) is 5.69 Å². The van der Waals surface area contributed by atoms with Gasteiger partial charge in [-0.05, 0) is 19.4 Å². The molecule has 5 heteroatoms. The highest BCUT2D eigenvalue weighted by Crippen LogP contribution is 2.16. The van der Waals surface area contributed by atoms with Crippen LogP contribution in [-0.4, -0.2) is 26.2 Å². The first-order valence-corrected chi connectivity index (χ1v) is 7.80. The van der Waals surface area contributed by atoms with Crippen LogP contribution in [0.25, 0.3) is 4.96 Å². The summed E-state index contributed by atoms with van der Waals surface area (Å²) < 4.78 is 1.89. The molecular formula is C16H17N3OS. The summed E-state index contributed by atoms with van der Waals surface area (Å²) in [6.07, 6.45) is 3.72. The van der Waals surface area contributed by atoms with Crippen LogP contribution in [0.3, 0.4) is 0 Å². The van der Waals surface area contributed by atoms with Crippen molar-refractivity contribution in [3.63, 3.8) is 0 Å². The van der Waals surface area contributed by atoms with E-state index in [9.17, 15) is 4.79 Å². The Morgan fingerprint density at radius 2 is 2.10 bits per heavy atom. The summed E-state index contributed by atoms with van der Waals surface area (Å²) >= 11 is 1.53. The highest BCUT2D eigenvalue weighted by molar-refractivity contribution is 7.15. The molecular weight excluding hydrogens is 282 g/mol. The Bertz CT molecular complexity index is 717. The van der Waals surface area contributed by atoms with E-state index in [-0.39, 0.29) is 11.9 Å². The fourth-order valence-corrected chi connectivity index (χ4v) is 2.95. The summed E-state index contributed by atoms with van der Waals surface area (Å²) in [5.41, 5.74) is 1.63. The first-order chi connectivity index (χ1) is 10.1. The lowest BCUT2D eigenvalue weighted by molar-refractivity contribution is 0.0685. The van der Waals surface area contributed by atoms with Crippen molar-refractivity contribution in [1.82, 2.24) is 14.3 Å². The fraction of sp³-hybridized carbons (Fsp3) is 0.250. The molecule has 21 heavy (non-hydrogen) atoms. The summed E-state index contributed by atoms with van der Waals surface area (Å²) in [5, 5.41) is 1.96. The number of carbonyl (C=O) groups is 1. The molecule has 0 fully saturated rings. The van der Waals surface area contributed by atoms with Crippen LogP contribution in [0.5, 0.6) is 0 Å². The molecule has 0 radical (unpaired) electrons. The number of nitrogens with zero attached hydrogens (tertiary/aromatic N) is 3. The molecule has 2 heterocycles. The molecule has 108 valence electrons. The third kappa shape index (κ3) is 2.83. The van der Waals surface area contributed by atoms with E-state index in [1.54, 1.807) is 6.20 Å². The lowest BCUT2D eigenvalue weighted by Gasteiger charge is -2.26. The number of benzene rings is 1. The minimum Gasteiger partial charge on any atom is -0.331 e. The van der Waals surface area contributed by atoms with E-state index in [0.29, 0.717) is 12.2 Å². The Hall–Kier alpha value is -2.14. The van der Waals surface area contributed by atoms with Gasteiger partial charge in [0.25, 0.3) is 5.91 Å². The van der Waals surface area contributed by atoms with E-state index in [4.69, 9.17) is 0 Å². The van der Waals surface area contributed by atoms with Crippen LogP contribution in [0.4, 0.5) is 0 Å². The first-order valence-electron chi connectivity index (χ1n) is 6.92. The van der Waals surface area contributed by atoms with Crippen molar-refractivity contribution in [2.24, 2.45) is 0 Å². The van der Waals surface area contributed by atoms with E-state index in [1.807, 2.05) is 65.1 Å². The highest BCUT2D eigenvalue weighted by atomic mass is 32.1. The van der Waals surface area contributed by atoms with Gasteiger partial charge in [0, 0.05) is 30.4 Å². The third-order valence-corrected chi connectivity index (χ3v) is 4.16. The topological polar surface area (TPSA) is 37.6 Å². The molecule has 0 bridgehead atoms. The van der Waals surface area contributed by atoms with Crippen molar-refractivity contribution < 1.29 is 4.79 Å². The summed E-state index contributed by atoms with van der Waals surface area (Å²) in [4.78, 5) is 19.8. The smallest absolute Gasteiger partial charge is 0.274 e. The highest BCUT2D eigenvalue weighted by Gasteiger charge is 2.21. The molecule has 2 aromatic heterocycles. The average molecular weight is 299 g/mol. The van der Waals surface area contributed by atoms with E-state index >= 15 is 0 Å². The van der Waals surface area contributed by atoms with Crippen molar-refractivity contribution in [3.05, 3.63) is 59.4 Å². The number of carbonyl (C=O) groups excluding carboxylic acids is 1. The number of fused-ring (bicyclic) bond motifs is 1. The van der Waals surface area contributed by atoms with Crippen molar-refractivity contribution >= 4 is 22.2 Å². The monoisotopic (exact) mass is 299 g/mol. The second kappa shape index (κ2) is 5.69. The van der Waals surface area contributed by atoms with Crippen LogP contribution in [0.2, 0.25) is 0 Å². The van der Waals surface area contributed by atoms with Crippen LogP contribution < -0.4 is 0 Å². The number of hydrogen-bond acceptors (Lipinski definition) is 3. The maximum Gasteiger partial charge on any atom is 0.274 e. The van der Waals surface area contributed by atoms with Gasteiger partial charge in [0.2, 0.25) is 0 Å². The Morgan fingerprint density at radius 3 is 2.76 bits per heavy atom. The molecule has 0 atom stereocenters. The number of rotatable bonds is 4. The van der Waals surface area contributed by atoms with Gasteiger partial charge >= 0.3 is 0 Å². The zero-order valence-electron chi connectivity index (χ0n) is 12.1. The van der Waals surface area contributed by atoms with Gasteiger partial charge in [-0.25, -0.2) is 4.98 Å². The molecule has 3 aromatic rings. The molecule has 0 saturated heterocycles. The predicted octanol–water partition coefficient (Wildman–Crippen LogP) is 3.45. The molecule has 0 unspecified atom stereocenters. The molecule has 0 spiro atoms. The van der Waals surface area contributed by atoms with E-state index in [1.165, 1.54) is 11.3 Å². The third-order valence-electron chi connectivity index (χ3n) is 3.39. The first kappa shape index (κ1) is 13.8. The Labute approximate surface area is 127 Å². The van der Waals surface area contributed by atoms with Crippen LogP contribution in [0, 0.1) is 0 Å². The largest absolute Gasteiger partial charge is 0.331 e. The Morgan fingerprint density at radius 1 is 1.33 bits per heavy atom. The van der Waals surface area contributed by atoms with Gasteiger partial charge < -0.3 is 4.90 Å². The summed E-state index contributed by atoms with van der Waals surface area (Å²) in [5.74, 6) is -0.0234. The normalized spacial score (nSPS) is 11.2. The number of hydrogen-bond donors (Lipinski definition) is 0. The van der Waals surface area contributed by atoms with E-state index < -0.39 is 0 Å². The second-order valence-corrected chi connectivity index (χ2v) is 6.10. The Balaban J connectivity index is 1.86. The molecule has 0 aliphatic rings. The lowest BCUT2D eigenvalue weighted by Crippen LogP contribution is -2.36. The number of thiazole rings is 1. The Kier molecular flexibility index (Phi) is 3.75. The summed E-state index contributed by atoms with van der Waals surface area (Å²) in [6, 6.07) is 10.2. The fourth-order valence-electron chi connectivity index (χ4n) is 2.25. The van der Waals surface area contributed by atoms with Gasteiger partial charge in [-0.15, -0.1) is 11.3 Å². The quantitative estimate of drug-likeness (QED) is 0.740. The number of aromatic nitrogens is 2. The SMILES string of the molecule is CC(C)N(Cc1ccccc1)C(=O)c1cn2ccsc2n1. The van der Waals surface area contributed by atoms with Crippen LogP contribution in [0.1, 0.15) is 29.9 Å². The number of imidazole rings is 1. The van der Waals surface area contributed by atoms with E-state index in [2.05, 4.69) is 4.98 Å². The molecule has 0 N–H and O–H groups in total. The minimum atomic E-state index is -0.0234. The zero-order valence-corrected chi connectivity index (χ0v) is 12.9. The standard InChI is InChI=1S/C16H17N3OS/c1-12(2)19(10-13-6-4-3-5-7-13)15(20)14-11-18-8-9-21-16(18)17-14/h3-9,11-12H,10H2,1-2H3. The second-order valence-electron chi connectivity index (χ2n) is 5.23. The molecule has 0 aliphatic carbocycles. The van der Waals surface area contributed by atoms with Crippen LogP contribution in [0.15, 0.2) is 48.1 Å². The molecule has 1 amide bonds. The maximum atomic E-state index is 12.7. The predicted molar refractivity (Wildman–Crippen MR) is 84.5 cm³/mol. The van der Waals surface area contributed by atoms with Crippen LogP contribution in [-0.2, 0) is 6.54 Å². The number of amides is 1. The molecule has 3 rings (SSSR count). The van der Waals surface area contributed by atoms with Crippen molar-refractivity contribution in [2.45, 2.75) is 26.4 Å². The van der Waals surface area contributed by atoms with Crippen LogP contribution >= 0.6 is 11.3 Å². The van der Waals surface area contributed by atoms with Gasteiger partial charge in [-0.1, -0.05) is 30.3 Å². The molecule has 0 aliphatic heterocycles. The lowest BCUT2D eigenvalue weighted by atomic mass is 10.2. The van der Waals surface area contributed by atoms with Gasteiger partial charge in [0.15, 0.2) is 4.96 Å².